The molecule has 3 rings (SSSR count). The summed E-state index contributed by atoms with van der Waals surface area (Å²) in [6.07, 6.45) is 1.50. The van der Waals surface area contributed by atoms with Crippen LogP contribution in [0.4, 0.5) is 0 Å². The molecular weight excluding hydrogens is 360 g/mol. The predicted octanol–water partition coefficient (Wildman–Crippen LogP) is 4.24. The first kappa shape index (κ1) is 17.1. The minimum Gasteiger partial charge on any atom is -0.422 e. The van der Waals surface area contributed by atoms with Crippen LogP contribution in [-0.4, -0.2) is 18.1 Å². The maximum Gasteiger partial charge on any atom is 0.355 e. The predicted molar refractivity (Wildman–Crippen MR) is 99.6 cm³/mol. The summed E-state index contributed by atoms with van der Waals surface area (Å²) in [7, 11) is 0. The number of halogens is 1. The Morgan fingerprint density at radius 1 is 1.16 bits per heavy atom. The third kappa shape index (κ3) is 4.04. The molecule has 0 radical (unpaired) electrons. The van der Waals surface area contributed by atoms with E-state index in [2.05, 4.69) is 10.5 Å². The zero-order valence-electron chi connectivity index (χ0n) is 13.2. The Balaban J connectivity index is 1.73. The highest BCUT2D eigenvalue weighted by molar-refractivity contribution is 7.21. The van der Waals surface area contributed by atoms with Crippen LogP contribution in [0.2, 0.25) is 5.02 Å². The first-order valence-corrected chi connectivity index (χ1v) is 8.53. The van der Waals surface area contributed by atoms with Crippen molar-refractivity contribution >= 4 is 51.1 Å². The molecule has 0 aliphatic rings. The lowest BCUT2D eigenvalue weighted by molar-refractivity contribution is -0.118. The van der Waals surface area contributed by atoms with Crippen LogP contribution in [0.1, 0.15) is 22.2 Å². The molecule has 0 unspecified atom stereocenters. The molecule has 1 aromatic heterocycles. The van der Waals surface area contributed by atoms with Crippen LogP contribution >= 0.6 is 22.9 Å². The maximum atomic E-state index is 12.4. The fourth-order valence-corrected chi connectivity index (χ4v) is 3.50. The fourth-order valence-electron chi connectivity index (χ4n) is 2.12. The molecule has 5 nitrogen and oxygen atoms in total. The summed E-state index contributed by atoms with van der Waals surface area (Å²) in [6, 6.07) is 14.3. The molecule has 25 heavy (non-hydrogen) atoms. The summed E-state index contributed by atoms with van der Waals surface area (Å²) in [4.78, 5) is 23.5. The summed E-state index contributed by atoms with van der Waals surface area (Å²) in [6.45, 7) is 1.37. The van der Waals surface area contributed by atoms with Crippen molar-refractivity contribution < 1.29 is 14.3 Å². The summed E-state index contributed by atoms with van der Waals surface area (Å²) in [5, 5.41) is 5.01. The Labute approximate surface area is 152 Å². The molecule has 2 aromatic carbocycles. The maximum absolute atomic E-state index is 12.4. The highest BCUT2D eigenvalue weighted by atomic mass is 35.5. The number of hydrogen-bond donors (Lipinski definition) is 1. The molecule has 0 spiro atoms. The van der Waals surface area contributed by atoms with Crippen LogP contribution in [0.15, 0.2) is 53.6 Å². The number of carbonyl (C=O) groups is 2. The zero-order valence-corrected chi connectivity index (χ0v) is 14.7. The van der Waals surface area contributed by atoms with E-state index in [1.54, 1.807) is 24.3 Å². The van der Waals surface area contributed by atoms with Gasteiger partial charge in [0.15, 0.2) is 0 Å². The first-order valence-electron chi connectivity index (χ1n) is 7.33. The quantitative estimate of drug-likeness (QED) is 0.322. The molecule has 0 fully saturated rings. The third-order valence-electron chi connectivity index (χ3n) is 3.25. The van der Waals surface area contributed by atoms with Crippen molar-refractivity contribution in [3.63, 3.8) is 0 Å². The standard InChI is InChI=1S/C18H13ClN2O3S/c1-11(22)21-20-10-12-6-8-13(9-7-12)24-18(23)17-16(19)14-4-2-3-5-15(14)25-17/h2-10H,1H3,(H,21,22). The van der Waals surface area contributed by atoms with E-state index >= 15 is 0 Å². The molecule has 0 aliphatic carbocycles. The van der Waals surface area contributed by atoms with Crippen molar-refractivity contribution in [2.24, 2.45) is 5.10 Å². The molecule has 0 aliphatic heterocycles. The first-order chi connectivity index (χ1) is 12.0. The molecule has 0 saturated carbocycles. The average Bonchev–Trinajstić information content (AvgIpc) is 2.94. The molecule has 3 aromatic rings. The van der Waals surface area contributed by atoms with Gasteiger partial charge >= 0.3 is 5.97 Å². The Morgan fingerprint density at radius 2 is 1.88 bits per heavy atom. The minimum absolute atomic E-state index is 0.248. The topological polar surface area (TPSA) is 67.8 Å². The molecule has 1 N–H and O–H groups in total. The van der Waals surface area contributed by atoms with Gasteiger partial charge in [0.05, 0.1) is 11.2 Å². The van der Waals surface area contributed by atoms with Gasteiger partial charge in [0.2, 0.25) is 5.91 Å². The van der Waals surface area contributed by atoms with Crippen LogP contribution in [0.5, 0.6) is 5.75 Å². The third-order valence-corrected chi connectivity index (χ3v) is 4.90. The van der Waals surface area contributed by atoms with Gasteiger partial charge in [-0.15, -0.1) is 11.3 Å². The van der Waals surface area contributed by atoms with Gasteiger partial charge in [-0.3, -0.25) is 4.79 Å². The van der Waals surface area contributed by atoms with Crippen molar-refractivity contribution in [2.75, 3.05) is 0 Å². The van der Waals surface area contributed by atoms with Gasteiger partial charge in [-0.1, -0.05) is 29.8 Å². The number of hydrazone groups is 1. The molecule has 1 heterocycles. The Kier molecular flexibility index (Phi) is 5.11. The number of hydrogen-bond acceptors (Lipinski definition) is 5. The Bertz CT molecular complexity index is 964. The van der Waals surface area contributed by atoms with Gasteiger partial charge < -0.3 is 4.74 Å². The van der Waals surface area contributed by atoms with Crippen molar-refractivity contribution in [1.29, 1.82) is 0 Å². The van der Waals surface area contributed by atoms with Gasteiger partial charge in [-0.05, 0) is 35.9 Å². The molecule has 0 bridgehead atoms. The van der Waals surface area contributed by atoms with Gasteiger partial charge in [0.1, 0.15) is 10.6 Å². The summed E-state index contributed by atoms with van der Waals surface area (Å²) in [5.41, 5.74) is 3.07. The van der Waals surface area contributed by atoms with E-state index in [0.29, 0.717) is 15.6 Å². The number of carbonyl (C=O) groups excluding carboxylic acids is 2. The largest absolute Gasteiger partial charge is 0.422 e. The van der Waals surface area contributed by atoms with E-state index in [1.807, 2.05) is 24.3 Å². The lowest BCUT2D eigenvalue weighted by Gasteiger charge is -2.03. The van der Waals surface area contributed by atoms with Gasteiger partial charge in [-0.25, -0.2) is 10.2 Å². The molecule has 7 heteroatoms. The second-order valence-corrected chi connectivity index (χ2v) is 6.56. The number of thiophene rings is 1. The smallest absolute Gasteiger partial charge is 0.355 e. The normalized spacial score (nSPS) is 11.0. The average molecular weight is 373 g/mol. The number of amides is 1. The number of rotatable bonds is 4. The van der Waals surface area contributed by atoms with Crippen molar-refractivity contribution in [1.82, 2.24) is 5.43 Å². The number of esters is 1. The summed E-state index contributed by atoms with van der Waals surface area (Å²) < 4.78 is 6.32. The van der Waals surface area contributed by atoms with Crippen molar-refractivity contribution in [3.05, 3.63) is 64.0 Å². The molecular formula is C18H13ClN2O3S. The summed E-state index contributed by atoms with van der Waals surface area (Å²) >= 11 is 7.58. The molecule has 0 atom stereocenters. The highest BCUT2D eigenvalue weighted by Crippen LogP contribution is 2.35. The van der Waals surface area contributed by atoms with Crippen LogP contribution in [0.25, 0.3) is 10.1 Å². The Hall–Kier alpha value is -2.70. The monoisotopic (exact) mass is 372 g/mol. The van der Waals surface area contributed by atoms with E-state index in [1.165, 1.54) is 24.5 Å². The number of nitrogens with one attached hydrogen (secondary N) is 1. The number of fused-ring (bicyclic) bond motifs is 1. The fraction of sp³-hybridized carbons (Fsp3) is 0.0556. The molecule has 1 amide bonds. The van der Waals surface area contributed by atoms with Crippen molar-refractivity contribution in [3.8, 4) is 5.75 Å². The number of ether oxygens (including phenoxy) is 1. The van der Waals surface area contributed by atoms with Gasteiger partial charge in [0.25, 0.3) is 0 Å². The van der Waals surface area contributed by atoms with E-state index in [0.717, 1.165) is 15.6 Å². The number of nitrogens with zero attached hydrogens (tertiary/aromatic N) is 1. The zero-order chi connectivity index (χ0) is 17.8. The number of benzene rings is 2. The highest BCUT2D eigenvalue weighted by Gasteiger charge is 2.18. The van der Waals surface area contributed by atoms with Crippen LogP contribution in [0.3, 0.4) is 0 Å². The SMILES string of the molecule is CC(=O)NN=Cc1ccc(OC(=O)c2sc3ccccc3c2Cl)cc1. The van der Waals surface area contributed by atoms with E-state index in [9.17, 15) is 9.59 Å². The lowest BCUT2D eigenvalue weighted by Crippen LogP contribution is -2.12. The van der Waals surface area contributed by atoms with E-state index in [-0.39, 0.29) is 5.91 Å². The van der Waals surface area contributed by atoms with E-state index in [4.69, 9.17) is 16.3 Å². The molecule has 0 saturated heterocycles. The van der Waals surface area contributed by atoms with Crippen LogP contribution in [0, 0.1) is 0 Å². The van der Waals surface area contributed by atoms with Crippen LogP contribution in [-0.2, 0) is 4.79 Å². The second kappa shape index (κ2) is 7.46. The molecule has 126 valence electrons. The minimum atomic E-state index is -0.495. The Morgan fingerprint density at radius 3 is 2.56 bits per heavy atom. The second-order valence-electron chi connectivity index (χ2n) is 5.13. The summed E-state index contributed by atoms with van der Waals surface area (Å²) in [5.74, 6) is -0.344. The van der Waals surface area contributed by atoms with Crippen molar-refractivity contribution in [2.45, 2.75) is 6.92 Å². The lowest BCUT2D eigenvalue weighted by atomic mass is 10.2. The van der Waals surface area contributed by atoms with Gasteiger partial charge in [-0.2, -0.15) is 5.10 Å². The van der Waals surface area contributed by atoms with E-state index < -0.39 is 5.97 Å². The van der Waals surface area contributed by atoms with Crippen LogP contribution < -0.4 is 10.2 Å². The van der Waals surface area contributed by atoms with Gasteiger partial charge in [0, 0.05) is 17.0 Å².